The standard InChI is InChI=1S/C20H19FN2O4/c21-16-6-1-2-7-17(16)23-12-15(11-18(23)24)19(25)22-9-8-13-4-3-5-14(10-13)20(26)27/h1-7,10,15H,8-9,11-12H2,(H,22,25)(H,26,27). The highest BCUT2D eigenvalue weighted by Crippen LogP contribution is 2.27. The normalized spacial score (nSPS) is 16.4. The van der Waals surface area contributed by atoms with E-state index in [1.54, 1.807) is 30.3 Å². The maximum Gasteiger partial charge on any atom is 0.335 e. The topological polar surface area (TPSA) is 86.7 Å². The fourth-order valence-corrected chi connectivity index (χ4v) is 3.12. The zero-order valence-electron chi connectivity index (χ0n) is 14.5. The number of amides is 2. The van der Waals surface area contributed by atoms with Crippen LogP contribution in [0.3, 0.4) is 0 Å². The molecule has 2 aromatic rings. The first-order chi connectivity index (χ1) is 13.0. The Balaban J connectivity index is 1.55. The molecule has 2 aromatic carbocycles. The number of carbonyl (C=O) groups excluding carboxylic acids is 2. The number of hydrogen-bond donors (Lipinski definition) is 2. The molecule has 140 valence electrons. The summed E-state index contributed by atoms with van der Waals surface area (Å²) in [5.41, 5.74) is 1.18. The average Bonchev–Trinajstić information content (AvgIpc) is 3.04. The number of hydrogen-bond acceptors (Lipinski definition) is 3. The lowest BCUT2D eigenvalue weighted by Crippen LogP contribution is -2.34. The highest BCUT2D eigenvalue weighted by atomic mass is 19.1. The highest BCUT2D eigenvalue weighted by Gasteiger charge is 2.35. The summed E-state index contributed by atoms with van der Waals surface area (Å²) in [6, 6.07) is 12.5. The molecule has 1 aliphatic rings. The number of carbonyl (C=O) groups is 3. The first-order valence-corrected chi connectivity index (χ1v) is 8.60. The van der Waals surface area contributed by atoms with Crippen molar-refractivity contribution in [3.05, 3.63) is 65.5 Å². The summed E-state index contributed by atoms with van der Waals surface area (Å²) in [7, 11) is 0. The van der Waals surface area contributed by atoms with Gasteiger partial charge < -0.3 is 15.3 Å². The number of anilines is 1. The quantitative estimate of drug-likeness (QED) is 0.816. The predicted octanol–water partition coefficient (Wildman–Crippen LogP) is 2.24. The maximum atomic E-state index is 13.9. The summed E-state index contributed by atoms with van der Waals surface area (Å²) in [5, 5.41) is 11.8. The van der Waals surface area contributed by atoms with E-state index in [0.29, 0.717) is 13.0 Å². The number of carboxylic acids is 1. The van der Waals surface area contributed by atoms with Gasteiger partial charge in [0.25, 0.3) is 0 Å². The van der Waals surface area contributed by atoms with E-state index in [-0.39, 0.29) is 36.0 Å². The number of halogens is 1. The van der Waals surface area contributed by atoms with E-state index in [1.807, 2.05) is 0 Å². The van der Waals surface area contributed by atoms with Crippen LogP contribution in [0.2, 0.25) is 0 Å². The van der Waals surface area contributed by atoms with Crippen LogP contribution < -0.4 is 10.2 Å². The third kappa shape index (κ3) is 4.31. The summed E-state index contributed by atoms with van der Waals surface area (Å²) in [6.07, 6.45) is 0.513. The molecule has 6 nitrogen and oxygen atoms in total. The lowest BCUT2D eigenvalue weighted by atomic mass is 10.1. The van der Waals surface area contributed by atoms with Gasteiger partial charge in [-0.3, -0.25) is 9.59 Å². The zero-order chi connectivity index (χ0) is 19.4. The van der Waals surface area contributed by atoms with Crippen molar-refractivity contribution in [3.8, 4) is 0 Å². The first-order valence-electron chi connectivity index (χ1n) is 8.60. The van der Waals surface area contributed by atoms with Crippen molar-refractivity contribution in [2.45, 2.75) is 12.8 Å². The van der Waals surface area contributed by atoms with Gasteiger partial charge in [-0.25, -0.2) is 9.18 Å². The second-order valence-electron chi connectivity index (χ2n) is 6.40. The molecule has 1 saturated heterocycles. The van der Waals surface area contributed by atoms with E-state index in [2.05, 4.69) is 5.32 Å². The van der Waals surface area contributed by atoms with Gasteiger partial charge in [-0.1, -0.05) is 24.3 Å². The van der Waals surface area contributed by atoms with Crippen molar-refractivity contribution in [1.82, 2.24) is 5.32 Å². The van der Waals surface area contributed by atoms with E-state index in [9.17, 15) is 18.8 Å². The summed E-state index contributed by atoms with van der Waals surface area (Å²) in [5.74, 6) is -2.59. The van der Waals surface area contributed by atoms with Gasteiger partial charge in [0, 0.05) is 19.5 Å². The summed E-state index contributed by atoms with van der Waals surface area (Å²) >= 11 is 0. The molecule has 7 heteroatoms. The minimum atomic E-state index is -1.00. The second-order valence-corrected chi connectivity index (χ2v) is 6.40. The van der Waals surface area contributed by atoms with Crippen molar-refractivity contribution in [3.63, 3.8) is 0 Å². The molecular formula is C20H19FN2O4. The average molecular weight is 370 g/mol. The third-order valence-electron chi connectivity index (χ3n) is 4.53. The van der Waals surface area contributed by atoms with E-state index in [0.717, 1.165) is 5.56 Å². The molecule has 3 rings (SSSR count). The molecule has 0 aromatic heterocycles. The smallest absolute Gasteiger partial charge is 0.335 e. The number of rotatable bonds is 6. The van der Waals surface area contributed by atoms with E-state index in [1.165, 1.54) is 23.1 Å². The molecule has 0 spiro atoms. The molecule has 2 N–H and O–H groups in total. The Bertz CT molecular complexity index is 884. The molecule has 1 heterocycles. The Morgan fingerprint density at radius 3 is 2.70 bits per heavy atom. The van der Waals surface area contributed by atoms with Gasteiger partial charge in [-0.05, 0) is 36.2 Å². The van der Waals surface area contributed by atoms with Gasteiger partial charge >= 0.3 is 5.97 Å². The summed E-state index contributed by atoms with van der Waals surface area (Å²) < 4.78 is 13.9. The summed E-state index contributed by atoms with van der Waals surface area (Å²) in [4.78, 5) is 36.8. The highest BCUT2D eigenvalue weighted by molar-refractivity contribution is 6.00. The Labute approximate surface area is 155 Å². The monoisotopic (exact) mass is 370 g/mol. The number of nitrogens with zero attached hydrogens (tertiary/aromatic N) is 1. The molecule has 0 radical (unpaired) electrons. The molecule has 1 atom stereocenters. The minimum absolute atomic E-state index is 0.0364. The molecular weight excluding hydrogens is 351 g/mol. The maximum absolute atomic E-state index is 13.9. The van der Waals surface area contributed by atoms with Crippen LogP contribution >= 0.6 is 0 Å². The molecule has 2 amide bonds. The lowest BCUT2D eigenvalue weighted by Gasteiger charge is -2.17. The fourth-order valence-electron chi connectivity index (χ4n) is 3.12. The van der Waals surface area contributed by atoms with E-state index >= 15 is 0 Å². The van der Waals surface area contributed by atoms with Crippen LogP contribution in [0.5, 0.6) is 0 Å². The van der Waals surface area contributed by atoms with Gasteiger partial charge in [-0.2, -0.15) is 0 Å². The largest absolute Gasteiger partial charge is 0.478 e. The van der Waals surface area contributed by atoms with Gasteiger partial charge in [0.05, 0.1) is 17.2 Å². The molecule has 1 aliphatic heterocycles. The zero-order valence-corrected chi connectivity index (χ0v) is 14.5. The molecule has 1 fully saturated rings. The summed E-state index contributed by atoms with van der Waals surface area (Å²) in [6.45, 7) is 0.465. The number of aromatic carboxylic acids is 1. The third-order valence-corrected chi connectivity index (χ3v) is 4.53. The Kier molecular flexibility index (Phi) is 5.49. The van der Waals surface area contributed by atoms with E-state index < -0.39 is 17.7 Å². The van der Waals surface area contributed by atoms with Gasteiger partial charge in [-0.15, -0.1) is 0 Å². The van der Waals surface area contributed by atoms with Crippen molar-refractivity contribution in [2.75, 3.05) is 18.0 Å². The Morgan fingerprint density at radius 2 is 1.96 bits per heavy atom. The van der Waals surface area contributed by atoms with E-state index in [4.69, 9.17) is 5.11 Å². The number of carboxylic acid groups (broad SMARTS) is 1. The van der Waals surface area contributed by atoms with Crippen LogP contribution in [0.1, 0.15) is 22.3 Å². The van der Waals surface area contributed by atoms with Crippen LogP contribution in [-0.2, 0) is 16.0 Å². The van der Waals surface area contributed by atoms with Crippen LogP contribution in [0.15, 0.2) is 48.5 Å². The van der Waals surface area contributed by atoms with Crippen molar-refractivity contribution in [1.29, 1.82) is 0 Å². The molecule has 0 bridgehead atoms. The second kappa shape index (κ2) is 7.99. The minimum Gasteiger partial charge on any atom is -0.478 e. The molecule has 0 aliphatic carbocycles. The first kappa shape index (κ1) is 18.6. The molecule has 27 heavy (non-hydrogen) atoms. The van der Waals surface area contributed by atoms with Crippen LogP contribution in [-0.4, -0.2) is 36.0 Å². The van der Waals surface area contributed by atoms with Crippen molar-refractivity contribution >= 4 is 23.5 Å². The number of nitrogens with one attached hydrogen (secondary N) is 1. The SMILES string of the molecule is O=C(O)c1cccc(CCNC(=O)C2CC(=O)N(c3ccccc3F)C2)c1. The van der Waals surface area contributed by atoms with Gasteiger partial charge in [0.2, 0.25) is 11.8 Å². The van der Waals surface area contributed by atoms with Crippen LogP contribution in [0.4, 0.5) is 10.1 Å². The van der Waals surface area contributed by atoms with Gasteiger partial charge in [0.15, 0.2) is 0 Å². The molecule has 0 saturated carbocycles. The van der Waals surface area contributed by atoms with Crippen molar-refractivity contribution < 1.29 is 23.9 Å². The number of benzene rings is 2. The predicted molar refractivity (Wildman–Crippen MR) is 97.0 cm³/mol. The lowest BCUT2D eigenvalue weighted by molar-refractivity contribution is -0.126. The Hall–Kier alpha value is -3.22. The van der Waals surface area contributed by atoms with Crippen LogP contribution in [0.25, 0.3) is 0 Å². The Morgan fingerprint density at radius 1 is 1.19 bits per heavy atom. The number of para-hydroxylation sites is 1. The fraction of sp³-hybridized carbons (Fsp3) is 0.250. The van der Waals surface area contributed by atoms with Crippen LogP contribution in [0, 0.1) is 11.7 Å². The molecule has 1 unspecified atom stereocenters. The van der Waals surface area contributed by atoms with Gasteiger partial charge in [0.1, 0.15) is 5.82 Å². The van der Waals surface area contributed by atoms with Crippen molar-refractivity contribution in [2.24, 2.45) is 5.92 Å².